The summed E-state index contributed by atoms with van der Waals surface area (Å²) in [5.41, 5.74) is 0.612. The Hall–Kier alpha value is -1.95. The first-order chi connectivity index (χ1) is 9.56. The van der Waals surface area contributed by atoms with Crippen molar-refractivity contribution < 1.29 is 9.18 Å². The molecule has 0 aliphatic rings. The number of benzene rings is 1. The molecule has 0 fully saturated rings. The number of nitrogens with one attached hydrogen (secondary N) is 2. The van der Waals surface area contributed by atoms with Crippen molar-refractivity contribution in [2.75, 3.05) is 6.54 Å². The highest BCUT2D eigenvalue weighted by atomic mass is 79.9. The van der Waals surface area contributed by atoms with Gasteiger partial charge in [0, 0.05) is 23.3 Å². The zero-order valence-electron chi connectivity index (χ0n) is 10.5. The Labute approximate surface area is 123 Å². The number of halogens is 2. The molecule has 20 heavy (non-hydrogen) atoms. The van der Waals surface area contributed by atoms with Crippen LogP contribution >= 0.6 is 15.9 Å². The van der Waals surface area contributed by atoms with Crippen molar-refractivity contribution in [3.8, 4) is 0 Å². The summed E-state index contributed by atoms with van der Waals surface area (Å²) < 4.78 is 14.1. The molecule has 4 nitrogen and oxygen atoms in total. The van der Waals surface area contributed by atoms with Crippen molar-refractivity contribution in [2.45, 2.75) is 6.42 Å². The van der Waals surface area contributed by atoms with Gasteiger partial charge in [0.1, 0.15) is 5.82 Å². The highest BCUT2D eigenvalue weighted by molar-refractivity contribution is 9.10. The lowest BCUT2D eigenvalue weighted by Crippen LogP contribution is -2.26. The van der Waals surface area contributed by atoms with Gasteiger partial charge in [-0.05, 0) is 36.2 Å². The fraction of sp³-hybridized carbons (Fsp3) is 0.143. The van der Waals surface area contributed by atoms with E-state index in [2.05, 4.69) is 26.2 Å². The topological polar surface area (TPSA) is 62.0 Å². The lowest BCUT2D eigenvalue weighted by atomic mass is 10.1. The monoisotopic (exact) mass is 338 g/mol. The molecule has 0 saturated heterocycles. The second-order valence-corrected chi connectivity index (χ2v) is 5.11. The largest absolute Gasteiger partial charge is 0.352 e. The first kappa shape index (κ1) is 14.5. The molecule has 0 aliphatic heterocycles. The van der Waals surface area contributed by atoms with Crippen molar-refractivity contribution in [1.29, 1.82) is 0 Å². The molecule has 2 rings (SSSR count). The third-order valence-corrected chi connectivity index (χ3v) is 3.21. The maximum absolute atomic E-state index is 13.5. The minimum absolute atomic E-state index is 0.00900. The summed E-state index contributed by atoms with van der Waals surface area (Å²) >= 11 is 3.19. The van der Waals surface area contributed by atoms with Crippen molar-refractivity contribution in [3.63, 3.8) is 0 Å². The van der Waals surface area contributed by atoms with Gasteiger partial charge in [0.05, 0.1) is 5.56 Å². The van der Waals surface area contributed by atoms with E-state index in [1.54, 1.807) is 12.3 Å². The Morgan fingerprint density at radius 2 is 2.10 bits per heavy atom. The summed E-state index contributed by atoms with van der Waals surface area (Å²) in [5, 5.41) is 2.62. The van der Waals surface area contributed by atoms with E-state index in [0.29, 0.717) is 17.4 Å². The Kier molecular flexibility index (Phi) is 4.68. The van der Waals surface area contributed by atoms with Crippen molar-refractivity contribution in [1.82, 2.24) is 10.3 Å². The van der Waals surface area contributed by atoms with Crippen molar-refractivity contribution in [2.24, 2.45) is 0 Å². The van der Waals surface area contributed by atoms with Crippen LogP contribution in [0.5, 0.6) is 0 Å². The van der Waals surface area contributed by atoms with Gasteiger partial charge in [-0.2, -0.15) is 0 Å². The van der Waals surface area contributed by atoms with Gasteiger partial charge in [0.15, 0.2) is 0 Å². The van der Waals surface area contributed by atoms with Crippen molar-refractivity contribution in [3.05, 3.63) is 68.3 Å². The number of hydrogen-bond donors (Lipinski definition) is 2. The van der Waals surface area contributed by atoms with E-state index in [9.17, 15) is 14.0 Å². The van der Waals surface area contributed by atoms with Gasteiger partial charge in [0.25, 0.3) is 5.91 Å². The molecule has 0 spiro atoms. The van der Waals surface area contributed by atoms with Gasteiger partial charge in [-0.25, -0.2) is 4.39 Å². The SMILES string of the molecule is O=C(NCCc1cc[nH]c(=O)c1)c1cc(Br)ccc1F. The molecule has 0 atom stereocenters. The molecule has 0 bridgehead atoms. The fourth-order valence-electron chi connectivity index (χ4n) is 1.73. The second-order valence-electron chi connectivity index (χ2n) is 4.19. The summed E-state index contributed by atoms with van der Waals surface area (Å²) in [4.78, 5) is 25.4. The van der Waals surface area contributed by atoms with Crippen LogP contribution in [0, 0.1) is 5.82 Å². The quantitative estimate of drug-likeness (QED) is 0.898. The van der Waals surface area contributed by atoms with Gasteiger partial charge in [-0.1, -0.05) is 15.9 Å². The van der Waals surface area contributed by atoms with E-state index in [1.165, 1.54) is 24.3 Å². The van der Waals surface area contributed by atoms with Crippen LogP contribution in [0.3, 0.4) is 0 Å². The lowest BCUT2D eigenvalue weighted by Gasteiger charge is -2.06. The maximum atomic E-state index is 13.5. The molecule has 2 aromatic rings. The average Bonchev–Trinajstić information content (AvgIpc) is 2.41. The number of hydrogen-bond acceptors (Lipinski definition) is 2. The van der Waals surface area contributed by atoms with Gasteiger partial charge in [0.2, 0.25) is 5.56 Å². The highest BCUT2D eigenvalue weighted by Crippen LogP contribution is 2.15. The molecule has 1 aromatic carbocycles. The number of aromatic amines is 1. The third-order valence-electron chi connectivity index (χ3n) is 2.71. The van der Waals surface area contributed by atoms with Crippen molar-refractivity contribution >= 4 is 21.8 Å². The van der Waals surface area contributed by atoms with E-state index in [4.69, 9.17) is 0 Å². The number of amides is 1. The number of aromatic nitrogens is 1. The second kappa shape index (κ2) is 6.47. The molecule has 0 saturated carbocycles. The molecule has 104 valence electrons. The summed E-state index contributed by atoms with van der Waals surface area (Å²) in [7, 11) is 0. The molecule has 0 radical (unpaired) electrons. The molecular formula is C14H12BrFN2O2. The Morgan fingerprint density at radius 1 is 1.30 bits per heavy atom. The van der Waals surface area contributed by atoms with Gasteiger partial charge >= 0.3 is 0 Å². The smallest absolute Gasteiger partial charge is 0.254 e. The minimum Gasteiger partial charge on any atom is -0.352 e. The Bertz CT molecular complexity index is 685. The number of carbonyl (C=O) groups excluding carboxylic acids is 1. The summed E-state index contributed by atoms with van der Waals surface area (Å²) in [6.07, 6.45) is 2.05. The number of pyridine rings is 1. The normalized spacial score (nSPS) is 10.3. The molecule has 6 heteroatoms. The molecule has 0 unspecified atom stereocenters. The maximum Gasteiger partial charge on any atom is 0.254 e. The summed E-state index contributed by atoms with van der Waals surface area (Å²) in [6, 6.07) is 7.41. The van der Waals surface area contributed by atoms with Gasteiger partial charge in [-0.15, -0.1) is 0 Å². The summed E-state index contributed by atoms with van der Waals surface area (Å²) in [5.74, 6) is -1.05. The number of rotatable bonds is 4. The minimum atomic E-state index is -0.568. The van der Waals surface area contributed by atoms with E-state index in [0.717, 1.165) is 5.56 Å². The summed E-state index contributed by atoms with van der Waals surface area (Å²) in [6.45, 7) is 0.328. The van der Waals surface area contributed by atoms with E-state index < -0.39 is 11.7 Å². The number of carbonyl (C=O) groups is 1. The van der Waals surface area contributed by atoms with Crippen LogP contribution in [-0.2, 0) is 6.42 Å². The van der Waals surface area contributed by atoms with Crippen LogP contribution < -0.4 is 10.9 Å². The number of H-pyrrole nitrogens is 1. The molecular weight excluding hydrogens is 327 g/mol. The van der Waals surface area contributed by atoms with Crippen LogP contribution in [0.4, 0.5) is 4.39 Å². The predicted molar refractivity (Wildman–Crippen MR) is 77.2 cm³/mol. The van der Waals surface area contributed by atoms with Crippen LogP contribution in [0.2, 0.25) is 0 Å². The Balaban J connectivity index is 1.95. The fourth-order valence-corrected chi connectivity index (χ4v) is 2.09. The van der Waals surface area contributed by atoms with E-state index >= 15 is 0 Å². The predicted octanol–water partition coefficient (Wildman–Crippen LogP) is 2.25. The van der Waals surface area contributed by atoms with E-state index in [-0.39, 0.29) is 11.1 Å². The molecule has 0 aliphatic carbocycles. The highest BCUT2D eigenvalue weighted by Gasteiger charge is 2.11. The van der Waals surface area contributed by atoms with Gasteiger partial charge < -0.3 is 10.3 Å². The standard InChI is InChI=1S/C14H12BrFN2O2/c15-10-1-2-12(16)11(8-10)14(20)18-6-4-9-3-5-17-13(19)7-9/h1-3,5,7-8H,4,6H2,(H,17,19)(H,18,20). The average molecular weight is 339 g/mol. The Morgan fingerprint density at radius 3 is 2.85 bits per heavy atom. The van der Waals surface area contributed by atoms with Gasteiger partial charge in [-0.3, -0.25) is 9.59 Å². The zero-order valence-corrected chi connectivity index (χ0v) is 12.0. The lowest BCUT2D eigenvalue weighted by molar-refractivity contribution is 0.0950. The molecule has 1 heterocycles. The molecule has 1 aromatic heterocycles. The molecule has 1 amide bonds. The molecule has 2 N–H and O–H groups in total. The van der Waals surface area contributed by atoms with Crippen LogP contribution in [-0.4, -0.2) is 17.4 Å². The van der Waals surface area contributed by atoms with E-state index in [1.807, 2.05) is 0 Å². The van der Waals surface area contributed by atoms with Crippen LogP contribution in [0.15, 0.2) is 45.8 Å². The van der Waals surface area contributed by atoms with Crippen LogP contribution in [0.1, 0.15) is 15.9 Å². The van der Waals surface area contributed by atoms with Crippen LogP contribution in [0.25, 0.3) is 0 Å². The first-order valence-corrected chi connectivity index (χ1v) is 6.76. The third kappa shape index (κ3) is 3.77. The zero-order chi connectivity index (χ0) is 14.5. The first-order valence-electron chi connectivity index (χ1n) is 5.97.